The highest BCUT2D eigenvalue weighted by molar-refractivity contribution is 6.09. The van der Waals surface area contributed by atoms with Crippen LogP contribution in [0.3, 0.4) is 0 Å². The topological polar surface area (TPSA) is 48.4 Å². The summed E-state index contributed by atoms with van der Waals surface area (Å²) in [5.41, 5.74) is 12.9. The third-order valence-electron chi connectivity index (χ3n) is 12.7. The maximum atomic E-state index is 5.14. The summed E-state index contributed by atoms with van der Waals surface area (Å²) in [5, 5.41) is 2.34. The lowest BCUT2D eigenvalue weighted by molar-refractivity contribution is 0.736. The van der Waals surface area contributed by atoms with Gasteiger partial charge in [0.15, 0.2) is 17.5 Å². The van der Waals surface area contributed by atoms with Crippen molar-refractivity contribution in [1.82, 2.24) is 15.0 Å². The van der Waals surface area contributed by atoms with Crippen LogP contribution in [0, 0.1) is 0 Å². The molecule has 6 heteroatoms. The zero-order valence-corrected chi connectivity index (χ0v) is 36.6. The van der Waals surface area contributed by atoms with Gasteiger partial charge in [-0.3, -0.25) is 0 Å². The Balaban J connectivity index is 1.07. The Labute approximate surface area is 390 Å². The molecule has 1 aliphatic carbocycles. The van der Waals surface area contributed by atoms with Gasteiger partial charge in [0, 0.05) is 67.5 Å². The van der Waals surface area contributed by atoms with E-state index in [1.807, 2.05) is 36.4 Å². The molecule has 1 aliphatic heterocycles. The van der Waals surface area contributed by atoms with Crippen LogP contribution in [0.1, 0.15) is 11.5 Å². The molecule has 0 saturated carbocycles. The highest BCUT2D eigenvalue weighted by Gasteiger charge is 2.41. The number of para-hydroxylation sites is 4. The predicted octanol–water partition coefficient (Wildman–Crippen LogP) is 15.4. The van der Waals surface area contributed by atoms with Crippen molar-refractivity contribution in [3.05, 3.63) is 266 Å². The summed E-state index contributed by atoms with van der Waals surface area (Å²) in [7, 11) is 0. The highest BCUT2D eigenvalue weighted by Crippen LogP contribution is 2.55. The van der Waals surface area contributed by atoms with Gasteiger partial charge in [-0.15, -0.1) is 0 Å². The number of hydrogen-bond donors (Lipinski definition) is 0. The largest absolute Gasteiger partial charge is 0.333 e. The monoisotopic (exact) mass is 860 g/mol. The lowest BCUT2D eigenvalue weighted by Crippen LogP contribution is -2.30. The first-order valence-corrected chi connectivity index (χ1v) is 22.8. The number of anilines is 7. The third kappa shape index (κ3) is 7.40. The molecule has 2 heterocycles. The molecule has 0 saturated heterocycles. The molecule has 0 radical (unpaired) electrons. The number of benzene rings is 9. The van der Waals surface area contributed by atoms with E-state index in [2.05, 4.69) is 233 Å². The van der Waals surface area contributed by atoms with Crippen LogP contribution in [-0.4, -0.2) is 21.0 Å². The first kappa shape index (κ1) is 39.7. The second kappa shape index (κ2) is 17.3. The van der Waals surface area contributed by atoms with E-state index in [4.69, 9.17) is 15.0 Å². The van der Waals surface area contributed by atoms with Gasteiger partial charge < -0.3 is 14.7 Å². The molecule has 2 aliphatic rings. The lowest BCUT2D eigenvalue weighted by atomic mass is 9.88. The van der Waals surface area contributed by atoms with Crippen molar-refractivity contribution in [2.24, 2.45) is 0 Å². The molecule has 12 rings (SSSR count). The van der Waals surface area contributed by atoms with Crippen LogP contribution in [0.25, 0.3) is 44.9 Å². The van der Waals surface area contributed by atoms with Gasteiger partial charge in [-0.25, -0.2) is 15.0 Å². The lowest BCUT2D eigenvalue weighted by Gasteiger charge is -2.33. The first-order chi connectivity index (χ1) is 33.2. The van der Waals surface area contributed by atoms with Crippen LogP contribution in [-0.2, 0) is 0 Å². The molecule has 2 atom stereocenters. The van der Waals surface area contributed by atoms with Crippen molar-refractivity contribution in [3.8, 4) is 34.2 Å². The van der Waals surface area contributed by atoms with Crippen molar-refractivity contribution in [3.63, 3.8) is 0 Å². The number of fused-ring (bicyclic) bond motifs is 5. The number of rotatable bonds is 10. The Morgan fingerprint density at radius 1 is 0.388 bits per heavy atom. The second-order valence-electron chi connectivity index (χ2n) is 16.8. The minimum atomic E-state index is -0.0407. The number of allylic oxidation sites excluding steroid dienone is 1. The SMILES string of the molecule is C1=CC2C(C=C1N(c1ccccc1)c1ccccc1)c1cc(N(c3ccccc3)c3ccccc3)c3ccccc3c1N2c1cccc(-c2nc(-c3ccccc3)nc(-c3ccccc3)n2)c1. The van der Waals surface area contributed by atoms with Crippen molar-refractivity contribution < 1.29 is 0 Å². The van der Waals surface area contributed by atoms with E-state index in [0.29, 0.717) is 17.5 Å². The minimum Gasteiger partial charge on any atom is -0.333 e. The van der Waals surface area contributed by atoms with E-state index in [1.54, 1.807) is 0 Å². The first-order valence-electron chi connectivity index (χ1n) is 22.8. The van der Waals surface area contributed by atoms with E-state index >= 15 is 0 Å². The normalized spacial score (nSPS) is 14.9. The molecule has 0 N–H and O–H groups in total. The summed E-state index contributed by atoms with van der Waals surface area (Å²) < 4.78 is 0. The average Bonchev–Trinajstić information content (AvgIpc) is 3.74. The molecule has 10 aromatic rings. The molecule has 6 nitrogen and oxygen atoms in total. The maximum absolute atomic E-state index is 5.14. The van der Waals surface area contributed by atoms with E-state index < -0.39 is 0 Å². The quantitative estimate of drug-likeness (QED) is 0.137. The Kier molecular flexibility index (Phi) is 10.2. The molecule has 0 spiro atoms. The zero-order chi connectivity index (χ0) is 44.5. The van der Waals surface area contributed by atoms with Crippen LogP contribution < -0.4 is 14.7 Å². The van der Waals surface area contributed by atoms with Crippen molar-refractivity contribution >= 4 is 50.6 Å². The molecule has 0 amide bonds. The minimum absolute atomic E-state index is 0.0168. The summed E-state index contributed by atoms with van der Waals surface area (Å²) in [5.74, 6) is 1.87. The van der Waals surface area contributed by atoms with Crippen molar-refractivity contribution in [2.45, 2.75) is 12.0 Å². The summed E-state index contributed by atoms with van der Waals surface area (Å²) in [6.45, 7) is 0. The fraction of sp³-hybridized carbons (Fsp3) is 0.0328. The van der Waals surface area contributed by atoms with E-state index in [9.17, 15) is 0 Å². The Bertz CT molecular complexity index is 3280. The van der Waals surface area contributed by atoms with Gasteiger partial charge in [-0.05, 0) is 78.4 Å². The van der Waals surface area contributed by atoms with Crippen LogP contribution >= 0.6 is 0 Å². The summed E-state index contributed by atoms with van der Waals surface area (Å²) in [6, 6.07) is 83.1. The highest BCUT2D eigenvalue weighted by atomic mass is 15.2. The Morgan fingerprint density at radius 3 is 1.34 bits per heavy atom. The van der Waals surface area contributed by atoms with Gasteiger partial charge in [-0.2, -0.15) is 0 Å². The molecule has 2 unspecified atom stereocenters. The van der Waals surface area contributed by atoms with Crippen molar-refractivity contribution in [1.29, 1.82) is 0 Å². The van der Waals surface area contributed by atoms with Gasteiger partial charge in [-0.1, -0.05) is 182 Å². The summed E-state index contributed by atoms with van der Waals surface area (Å²) >= 11 is 0. The van der Waals surface area contributed by atoms with E-state index in [0.717, 1.165) is 61.9 Å². The molecule has 0 bridgehead atoms. The summed E-state index contributed by atoms with van der Waals surface area (Å²) in [6.07, 6.45) is 7.18. The fourth-order valence-corrected chi connectivity index (χ4v) is 9.76. The molecule has 0 fully saturated rings. The number of aromatic nitrogens is 3. The molecular weight excluding hydrogens is 817 g/mol. The van der Waals surface area contributed by atoms with E-state index in [1.165, 1.54) is 16.6 Å². The Hall–Kier alpha value is -8.87. The predicted molar refractivity (Wildman–Crippen MR) is 276 cm³/mol. The number of hydrogen-bond acceptors (Lipinski definition) is 6. The number of nitrogens with zero attached hydrogens (tertiary/aromatic N) is 6. The third-order valence-corrected chi connectivity index (χ3v) is 12.7. The molecule has 67 heavy (non-hydrogen) atoms. The van der Waals surface area contributed by atoms with E-state index in [-0.39, 0.29) is 12.0 Å². The fourth-order valence-electron chi connectivity index (χ4n) is 9.76. The van der Waals surface area contributed by atoms with Crippen molar-refractivity contribution in [2.75, 3.05) is 14.7 Å². The van der Waals surface area contributed by atoms with Gasteiger partial charge in [0.25, 0.3) is 0 Å². The van der Waals surface area contributed by atoms with Gasteiger partial charge in [0.05, 0.1) is 17.4 Å². The van der Waals surface area contributed by atoms with Crippen LogP contribution in [0.15, 0.2) is 261 Å². The van der Waals surface area contributed by atoms with Gasteiger partial charge >= 0.3 is 0 Å². The van der Waals surface area contributed by atoms with Crippen LogP contribution in [0.5, 0.6) is 0 Å². The zero-order valence-electron chi connectivity index (χ0n) is 36.6. The van der Waals surface area contributed by atoms with Crippen LogP contribution in [0.2, 0.25) is 0 Å². The second-order valence-corrected chi connectivity index (χ2v) is 16.8. The van der Waals surface area contributed by atoms with Crippen LogP contribution in [0.4, 0.5) is 39.8 Å². The summed E-state index contributed by atoms with van der Waals surface area (Å²) in [4.78, 5) is 22.6. The molecule has 1 aromatic heterocycles. The molecule has 9 aromatic carbocycles. The van der Waals surface area contributed by atoms with Gasteiger partial charge in [0.1, 0.15) is 0 Å². The smallest absolute Gasteiger partial charge is 0.164 e. The maximum Gasteiger partial charge on any atom is 0.164 e. The Morgan fingerprint density at radius 2 is 0.821 bits per heavy atom. The van der Waals surface area contributed by atoms with Gasteiger partial charge in [0.2, 0.25) is 0 Å². The molecule has 318 valence electrons. The average molecular weight is 861 g/mol. The standard InChI is InChI=1S/C61H44N6/c1-7-22-43(23-8-1)59-62-60(44-24-9-2-10-25-44)64-61(63-59)45-26-21-35-50(40-45)67-56-39-38-51(65(46-27-11-3-12-28-46)47-29-13-4-14-30-47)41-54(56)55-42-57(52-36-19-20-37-53(52)58(55)67)66(48-31-15-5-16-32-48)49-33-17-6-18-34-49/h1-42,54,56H. The molecular formula is C61H44N6.